The summed E-state index contributed by atoms with van der Waals surface area (Å²) in [6.45, 7) is 0. The predicted molar refractivity (Wildman–Crippen MR) is 108 cm³/mol. The third kappa shape index (κ3) is 3.92. The topological polar surface area (TPSA) is 105 Å². The van der Waals surface area contributed by atoms with E-state index in [0.29, 0.717) is 22.9 Å². The van der Waals surface area contributed by atoms with Gasteiger partial charge in [0.25, 0.3) is 5.89 Å². The molecule has 0 fully saturated rings. The third-order valence-corrected chi connectivity index (χ3v) is 6.05. The second-order valence-electron chi connectivity index (χ2n) is 6.32. The van der Waals surface area contributed by atoms with E-state index in [1.807, 2.05) is 18.2 Å². The van der Waals surface area contributed by atoms with Crippen molar-refractivity contribution in [1.29, 1.82) is 0 Å². The fraction of sp³-hybridized carbons (Fsp3) is 0.143. The van der Waals surface area contributed by atoms with Crippen LogP contribution in [0, 0.1) is 0 Å². The lowest BCUT2D eigenvalue weighted by atomic mass is 10.2. The fourth-order valence-electron chi connectivity index (χ4n) is 2.89. The van der Waals surface area contributed by atoms with Crippen molar-refractivity contribution >= 4 is 9.84 Å². The van der Waals surface area contributed by atoms with Gasteiger partial charge in [0.15, 0.2) is 15.6 Å². The van der Waals surface area contributed by atoms with E-state index < -0.39 is 9.84 Å². The van der Waals surface area contributed by atoms with E-state index in [9.17, 15) is 8.42 Å². The number of aromatic nitrogens is 2. The van der Waals surface area contributed by atoms with Gasteiger partial charge in [-0.3, -0.25) is 0 Å². The summed E-state index contributed by atoms with van der Waals surface area (Å²) < 4.78 is 46.6. The van der Waals surface area contributed by atoms with Crippen LogP contribution in [0.2, 0.25) is 0 Å². The zero-order valence-electron chi connectivity index (χ0n) is 16.2. The summed E-state index contributed by atoms with van der Waals surface area (Å²) in [4.78, 5) is 4.51. The van der Waals surface area contributed by atoms with Gasteiger partial charge in [-0.2, -0.15) is 4.98 Å². The van der Waals surface area contributed by atoms with Crippen molar-refractivity contribution in [3.05, 3.63) is 66.4 Å². The third-order valence-electron chi connectivity index (χ3n) is 4.40. The summed E-state index contributed by atoms with van der Waals surface area (Å²) >= 11 is 0. The van der Waals surface area contributed by atoms with Crippen LogP contribution in [0.25, 0.3) is 23.0 Å². The van der Waals surface area contributed by atoms with Crippen molar-refractivity contribution < 1.29 is 26.8 Å². The SMILES string of the molecule is COc1ccc(S(=O)(=O)Cc2ccc(-c3nc(-c4ccccc4OC)no3)o2)cc1. The smallest absolute Gasteiger partial charge is 0.293 e. The van der Waals surface area contributed by atoms with Gasteiger partial charge in [0.1, 0.15) is 23.0 Å². The molecule has 0 aliphatic carbocycles. The molecule has 9 heteroatoms. The molecule has 8 nitrogen and oxygen atoms in total. The molecule has 0 atom stereocenters. The van der Waals surface area contributed by atoms with Crippen molar-refractivity contribution in [2.75, 3.05) is 14.2 Å². The zero-order chi connectivity index (χ0) is 21.1. The van der Waals surface area contributed by atoms with Crippen molar-refractivity contribution in [1.82, 2.24) is 10.1 Å². The predicted octanol–water partition coefficient (Wildman–Crippen LogP) is 3.99. The number of rotatable bonds is 7. The molecule has 0 saturated carbocycles. The number of methoxy groups -OCH3 is 2. The first-order valence-electron chi connectivity index (χ1n) is 8.93. The van der Waals surface area contributed by atoms with E-state index in [0.717, 1.165) is 0 Å². The van der Waals surface area contributed by atoms with Crippen LogP contribution in [0.4, 0.5) is 0 Å². The van der Waals surface area contributed by atoms with Crippen LogP contribution < -0.4 is 9.47 Å². The van der Waals surface area contributed by atoms with Crippen molar-refractivity contribution in [3.63, 3.8) is 0 Å². The Balaban J connectivity index is 1.55. The Bertz CT molecular complexity index is 1260. The summed E-state index contributed by atoms with van der Waals surface area (Å²) in [6, 6.07) is 16.6. The first-order valence-corrected chi connectivity index (χ1v) is 10.6. The Morgan fingerprint density at radius 3 is 2.43 bits per heavy atom. The van der Waals surface area contributed by atoms with Crippen LogP contribution >= 0.6 is 0 Å². The van der Waals surface area contributed by atoms with Crippen molar-refractivity contribution in [3.8, 4) is 34.5 Å². The Hall–Kier alpha value is -3.59. The van der Waals surface area contributed by atoms with E-state index in [1.54, 1.807) is 37.4 Å². The Morgan fingerprint density at radius 2 is 1.70 bits per heavy atom. The summed E-state index contributed by atoms with van der Waals surface area (Å²) in [5, 5.41) is 3.96. The lowest BCUT2D eigenvalue weighted by Crippen LogP contribution is -2.04. The van der Waals surface area contributed by atoms with Crippen LogP contribution in [-0.2, 0) is 15.6 Å². The van der Waals surface area contributed by atoms with Crippen LogP contribution in [0.3, 0.4) is 0 Å². The molecular formula is C21H18N2O6S. The molecule has 0 aliphatic heterocycles. The molecule has 0 unspecified atom stereocenters. The fourth-order valence-corrected chi connectivity index (χ4v) is 4.13. The van der Waals surface area contributed by atoms with E-state index >= 15 is 0 Å². The van der Waals surface area contributed by atoms with Crippen LogP contribution in [0.15, 0.2) is 74.5 Å². The number of sulfone groups is 1. The summed E-state index contributed by atoms with van der Waals surface area (Å²) in [5.74, 6) is 1.91. The number of para-hydroxylation sites is 1. The molecule has 0 spiro atoms. The molecule has 2 heterocycles. The zero-order valence-corrected chi connectivity index (χ0v) is 17.0. The molecule has 4 aromatic rings. The van der Waals surface area contributed by atoms with Crippen molar-refractivity contribution in [2.24, 2.45) is 0 Å². The van der Waals surface area contributed by atoms with E-state index in [4.69, 9.17) is 18.4 Å². The van der Waals surface area contributed by atoms with Gasteiger partial charge in [-0.15, -0.1) is 0 Å². The first kappa shape index (κ1) is 19.7. The summed E-state index contributed by atoms with van der Waals surface area (Å²) in [7, 11) is -0.510. The number of furan rings is 1. The molecule has 2 aromatic heterocycles. The maximum atomic E-state index is 12.6. The number of hydrogen-bond donors (Lipinski definition) is 0. The summed E-state index contributed by atoms with van der Waals surface area (Å²) in [6.07, 6.45) is 0. The molecule has 0 N–H and O–H groups in total. The number of nitrogens with zero attached hydrogens (tertiary/aromatic N) is 2. The first-order chi connectivity index (χ1) is 14.5. The molecule has 0 amide bonds. The van der Waals surface area contributed by atoms with E-state index in [1.165, 1.54) is 19.2 Å². The molecule has 30 heavy (non-hydrogen) atoms. The average Bonchev–Trinajstić information content (AvgIpc) is 3.43. The van der Waals surface area contributed by atoms with Gasteiger partial charge < -0.3 is 18.4 Å². The molecule has 0 bridgehead atoms. The quantitative estimate of drug-likeness (QED) is 0.437. The van der Waals surface area contributed by atoms with Gasteiger partial charge in [0.05, 0.1) is 24.7 Å². The minimum Gasteiger partial charge on any atom is -0.497 e. The molecule has 154 valence electrons. The lowest BCUT2D eigenvalue weighted by molar-refractivity contribution is 0.408. The minimum absolute atomic E-state index is 0.143. The van der Waals surface area contributed by atoms with Gasteiger partial charge in [0, 0.05) is 0 Å². The van der Waals surface area contributed by atoms with Crippen LogP contribution in [0.1, 0.15) is 5.76 Å². The normalized spacial score (nSPS) is 11.4. The Kier molecular flexibility index (Phi) is 5.28. The molecule has 0 saturated heterocycles. The van der Waals surface area contributed by atoms with Gasteiger partial charge in [-0.1, -0.05) is 17.3 Å². The molecular weight excluding hydrogens is 408 g/mol. The second-order valence-corrected chi connectivity index (χ2v) is 8.31. The van der Waals surface area contributed by atoms with E-state index in [2.05, 4.69) is 10.1 Å². The Morgan fingerprint density at radius 1 is 0.933 bits per heavy atom. The molecule has 0 radical (unpaired) electrons. The standard InChI is InChI=1S/C21H18N2O6S/c1-26-14-7-10-16(11-8-14)30(24,25)13-15-9-12-19(28-15)21-22-20(23-29-21)17-5-3-4-6-18(17)27-2/h3-12H,13H2,1-2H3. The van der Waals surface area contributed by atoms with Gasteiger partial charge in [-0.25, -0.2) is 8.42 Å². The van der Waals surface area contributed by atoms with Gasteiger partial charge in [0.2, 0.25) is 5.82 Å². The average molecular weight is 426 g/mol. The number of hydrogen-bond acceptors (Lipinski definition) is 8. The lowest BCUT2D eigenvalue weighted by Gasteiger charge is -2.04. The molecule has 0 aliphatic rings. The summed E-state index contributed by atoms with van der Waals surface area (Å²) in [5.41, 5.74) is 0.670. The van der Waals surface area contributed by atoms with E-state index in [-0.39, 0.29) is 28.1 Å². The highest BCUT2D eigenvalue weighted by atomic mass is 32.2. The maximum absolute atomic E-state index is 12.6. The van der Waals surface area contributed by atoms with Gasteiger partial charge in [-0.05, 0) is 48.5 Å². The highest BCUT2D eigenvalue weighted by Crippen LogP contribution is 2.30. The minimum atomic E-state index is -3.59. The van der Waals surface area contributed by atoms with Crippen LogP contribution in [0.5, 0.6) is 11.5 Å². The largest absolute Gasteiger partial charge is 0.497 e. The molecule has 4 rings (SSSR count). The monoisotopic (exact) mass is 426 g/mol. The van der Waals surface area contributed by atoms with Crippen LogP contribution in [-0.4, -0.2) is 32.8 Å². The number of benzene rings is 2. The maximum Gasteiger partial charge on any atom is 0.293 e. The second kappa shape index (κ2) is 8.03. The Labute approximate surface area is 173 Å². The molecule has 2 aromatic carbocycles. The number of ether oxygens (including phenoxy) is 2. The van der Waals surface area contributed by atoms with Gasteiger partial charge >= 0.3 is 0 Å². The highest BCUT2D eigenvalue weighted by Gasteiger charge is 2.21. The highest BCUT2D eigenvalue weighted by molar-refractivity contribution is 7.90. The van der Waals surface area contributed by atoms with Crippen molar-refractivity contribution in [2.45, 2.75) is 10.6 Å².